The summed E-state index contributed by atoms with van der Waals surface area (Å²) in [6.45, 7) is 0. The normalized spacial score (nSPS) is 9.58. The van der Waals surface area contributed by atoms with E-state index in [1.807, 2.05) is 0 Å². The van der Waals surface area contributed by atoms with Gasteiger partial charge in [-0.25, -0.2) is 4.79 Å². The van der Waals surface area contributed by atoms with Crippen LogP contribution in [0.3, 0.4) is 0 Å². The van der Waals surface area contributed by atoms with Crippen LogP contribution in [0.25, 0.3) is 0 Å². The summed E-state index contributed by atoms with van der Waals surface area (Å²) >= 11 is 14.4. The van der Waals surface area contributed by atoms with Crippen LogP contribution in [-0.2, 0) is 4.79 Å². The van der Waals surface area contributed by atoms with Gasteiger partial charge in [-0.3, -0.25) is 0 Å². The minimum atomic E-state index is -5.08. The van der Waals surface area contributed by atoms with Gasteiger partial charge >= 0.3 is 12.1 Å². The Hall–Kier alpha value is 0.0900. The largest absolute Gasteiger partial charge is 0.490 e. The van der Waals surface area contributed by atoms with Crippen molar-refractivity contribution in [1.29, 1.82) is 0 Å². The Labute approximate surface area is 80.3 Å². The molecule has 0 amide bonds. The summed E-state index contributed by atoms with van der Waals surface area (Å²) in [5.74, 6) is -2.76. The zero-order valence-corrected chi connectivity index (χ0v) is 7.47. The van der Waals surface area contributed by atoms with Crippen LogP contribution >= 0.6 is 34.8 Å². The molecule has 0 spiro atoms. The molecule has 0 radical (unpaired) electrons. The maximum atomic E-state index is 10.6. The smallest absolute Gasteiger partial charge is 0.475 e. The Kier molecular flexibility index (Phi) is 11.6. The quantitative estimate of drug-likeness (QED) is 0.667. The second-order valence-corrected chi connectivity index (χ2v) is 3.03. The summed E-state index contributed by atoms with van der Waals surface area (Å²) < 4.78 is 31.0. The van der Waals surface area contributed by atoms with Crippen molar-refractivity contribution in [2.75, 3.05) is 0 Å². The highest BCUT2D eigenvalue weighted by Gasteiger charge is 2.38. The lowest BCUT2D eigenvalue weighted by Crippen LogP contribution is -2.21. The van der Waals surface area contributed by atoms with E-state index >= 15 is 0 Å². The molecule has 76 valence electrons. The monoisotopic (exact) mass is 250 g/mol. The number of alkyl halides is 6. The van der Waals surface area contributed by atoms with Gasteiger partial charge < -0.3 is 10.6 Å². The van der Waals surface area contributed by atoms with Gasteiger partial charge in [0.05, 0.1) is 0 Å². The number of hydrogen-bond donors (Lipinski definition) is 1. The summed E-state index contributed by atoms with van der Waals surface area (Å²) in [5, 5.41) is 7.12. The van der Waals surface area contributed by atoms with E-state index in [0.29, 0.717) is 0 Å². The van der Waals surface area contributed by atoms with Gasteiger partial charge in [0, 0.05) is 0 Å². The first-order valence-electron chi connectivity index (χ1n) is 1.90. The van der Waals surface area contributed by atoms with E-state index in [1.165, 1.54) is 0 Å². The number of halogens is 6. The van der Waals surface area contributed by atoms with Gasteiger partial charge in [0.15, 0.2) is 4.30 Å². The predicted molar refractivity (Wildman–Crippen MR) is 38.7 cm³/mol. The minimum absolute atomic E-state index is 0. The molecule has 12 heavy (non-hydrogen) atoms. The summed E-state index contributed by atoms with van der Waals surface area (Å²) in [6.07, 6.45) is -5.08. The Bertz CT molecular complexity index is 123. The van der Waals surface area contributed by atoms with Gasteiger partial charge in [0.1, 0.15) is 0 Å². The third kappa shape index (κ3) is 22.5. The molecule has 0 atom stereocenters. The standard InChI is InChI=1S/C2HF3O2.CHCl3.H2O/c3-2(4,5)1(6)7;2-1(3)4;/h(H,6,7);1H;1H2. The molecule has 0 heterocycles. The van der Waals surface area contributed by atoms with Crippen molar-refractivity contribution in [1.82, 2.24) is 0 Å². The fourth-order valence-corrected chi connectivity index (χ4v) is 0. The van der Waals surface area contributed by atoms with Crippen LogP contribution in [-0.4, -0.2) is 27.0 Å². The maximum Gasteiger partial charge on any atom is 0.490 e. The lowest BCUT2D eigenvalue weighted by atomic mass is 10.7. The van der Waals surface area contributed by atoms with E-state index in [2.05, 4.69) is 0 Å². The molecule has 0 fully saturated rings. The summed E-state index contributed by atoms with van der Waals surface area (Å²) in [4.78, 5) is 8.90. The molecule has 0 saturated heterocycles. The molecule has 0 unspecified atom stereocenters. The molecule has 0 rings (SSSR count). The molecular formula is C3H4Cl3F3O3. The van der Waals surface area contributed by atoms with Crippen LogP contribution in [0.5, 0.6) is 0 Å². The lowest BCUT2D eigenvalue weighted by Gasteiger charge is -1.93. The Balaban J connectivity index is -0.000000142. The number of rotatable bonds is 0. The van der Waals surface area contributed by atoms with Crippen molar-refractivity contribution in [2.45, 2.75) is 10.5 Å². The average Bonchev–Trinajstić information content (AvgIpc) is 1.59. The average molecular weight is 251 g/mol. The molecule has 0 aliphatic heterocycles. The Morgan fingerprint density at radius 2 is 1.33 bits per heavy atom. The lowest BCUT2D eigenvalue weighted by molar-refractivity contribution is -0.192. The number of carboxylic acids is 1. The van der Waals surface area contributed by atoms with Crippen LogP contribution in [0.15, 0.2) is 0 Å². The van der Waals surface area contributed by atoms with Gasteiger partial charge in [0.2, 0.25) is 0 Å². The van der Waals surface area contributed by atoms with Gasteiger partial charge in [-0.15, -0.1) is 0 Å². The molecule has 9 heteroatoms. The van der Waals surface area contributed by atoms with Gasteiger partial charge in [-0.1, -0.05) is 34.8 Å². The van der Waals surface area contributed by atoms with Crippen LogP contribution < -0.4 is 0 Å². The Morgan fingerprint density at radius 1 is 1.25 bits per heavy atom. The maximum absolute atomic E-state index is 10.6. The molecule has 0 aliphatic rings. The van der Waals surface area contributed by atoms with Crippen LogP contribution in [0, 0.1) is 0 Å². The third-order valence-corrected chi connectivity index (χ3v) is 0.243. The first kappa shape index (κ1) is 18.0. The van der Waals surface area contributed by atoms with Crippen LogP contribution in [0.1, 0.15) is 0 Å². The second kappa shape index (κ2) is 7.72. The fourth-order valence-electron chi connectivity index (χ4n) is 0. The highest BCUT2D eigenvalue weighted by atomic mass is 35.6. The van der Waals surface area contributed by atoms with E-state index in [1.54, 1.807) is 0 Å². The molecule has 0 aromatic rings. The molecule has 0 bridgehead atoms. The van der Waals surface area contributed by atoms with E-state index in [9.17, 15) is 13.2 Å². The first-order chi connectivity index (χ1) is 4.68. The van der Waals surface area contributed by atoms with Gasteiger partial charge in [0.25, 0.3) is 0 Å². The molecule has 3 N–H and O–H groups in total. The topological polar surface area (TPSA) is 68.8 Å². The van der Waals surface area contributed by atoms with E-state index in [4.69, 9.17) is 44.7 Å². The van der Waals surface area contributed by atoms with Crippen LogP contribution in [0.4, 0.5) is 13.2 Å². The zero-order valence-electron chi connectivity index (χ0n) is 5.20. The van der Waals surface area contributed by atoms with Crippen molar-refractivity contribution in [3.8, 4) is 0 Å². The van der Waals surface area contributed by atoms with Crippen molar-refractivity contribution >= 4 is 40.8 Å². The highest BCUT2D eigenvalue weighted by Crippen LogP contribution is 2.13. The van der Waals surface area contributed by atoms with Crippen molar-refractivity contribution in [2.24, 2.45) is 0 Å². The Morgan fingerprint density at radius 3 is 1.33 bits per heavy atom. The number of carboxylic acid groups (broad SMARTS) is 1. The molecular weight excluding hydrogens is 247 g/mol. The summed E-state index contributed by atoms with van der Waals surface area (Å²) in [5.41, 5.74) is 0. The first-order valence-corrected chi connectivity index (χ1v) is 3.21. The fraction of sp³-hybridized carbons (Fsp3) is 0.667. The van der Waals surface area contributed by atoms with E-state index in [-0.39, 0.29) is 5.48 Å². The van der Waals surface area contributed by atoms with Crippen molar-refractivity contribution in [3.05, 3.63) is 0 Å². The van der Waals surface area contributed by atoms with E-state index in [0.717, 1.165) is 0 Å². The number of carbonyl (C=O) groups is 1. The second-order valence-electron chi connectivity index (χ2n) is 1.05. The summed E-state index contributed by atoms with van der Waals surface area (Å²) in [6, 6.07) is 0. The van der Waals surface area contributed by atoms with Gasteiger partial charge in [-0.05, 0) is 0 Å². The van der Waals surface area contributed by atoms with Crippen molar-refractivity contribution < 1.29 is 28.5 Å². The molecule has 3 nitrogen and oxygen atoms in total. The van der Waals surface area contributed by atoms with Gasteiger partial charge in [-0.2, -0.15) is 13.2 Å². The molecule has 0 aliphatic carbocycles. The number of hydrogen-bond acceptors (Lipinski definition) is 1. The van der Waals surface area contributed by atoms with Crippen molar-refractivity contribution in [3.63, 3.8) is 0 Å². The van der Waals surface area contributed by atoms with Crippen LogP contribution in [0.2, 0.25) is 0 Å². The molecule has 0 aromatic carbocycles. The molecule has 0 aromatic heterocycles. The third-order valence-electron chi connectivity index (χ3n) is 0.243. The van der Waals surface area contributed by atoms with E-state index < -0.39 is 16.4 Å². The highest BCUT2D eigenvalue weighted by molar-refractivity contribution is 6.63. The zero-order chi connectivity index (χ0) is 9.65. The predicted octanol–water partition coefficient (Wildman–Crippen LogP) is 1.79. The number of aliphatic carboxylic acids is 1. The molecule has 0 saturated carbocycles. The summed E-state index contributed by atoms with van der Waals surface area (Å²) in [7, 11) is 0. The minimum Gasteiger partial charge on any atom is -0.475 e. The SMILES string of the molecule is ClC(Cl)Cl.O.O=C(O)C(F)(F)F.